The minimum atomic E-state index is -2.91. The van der Waals surface area contributed by atoms with Crippen molar-refractivity contribution in [3.05, 3.63) is 23.8 Å². The molecule has 1 unspecified atom stereocenters. The van der Waals surface area contributed by atoms with E-state index in [1.54, 1.807) is 12.1 Å². The molecular weight excluding hydrogens is 272 g/mol. The molecular formula is C13H19F2NO4. The first-order valence-electron chi connectivity index (χ1n) is 6.06. The molecule has 0 saturated heterocycles. The van der Waals surface area contributed by atoms with E-state index in [9.17, 15) is 13.9 Å². The average Bonchev–Trinajstić information content (AvgIpc) is 2.38. The number of aliphatic hydroxyl groups excluding tert-OH is 1. The number of hydrogen-bond donors (Lipinski definition) is 2. The Balaban J connectivity index is 2.58. The summed E-state index contributed by atoms with van der Waals surface area (Å²) >= 11 is 0. The minimum Gasteiger partial charge on any atom is -0.493 e. The highest BCUT2D eigenvalue weighted by Gasteiger charge is 2.11. The van der Waals surface area contributed by atoms with Gasteiger partial charge in [0.05, 0.1) is 19.8 Å². The lowest BCUT2D eigenvalue weighted by Gasteiger charge is -2.13. The zero-order valence-electron chi connectivity index (χ0n) is 11.4. The van der Waals surface area contributed by atoms with Gasteiger partial charge in [0.2, 0.25) is 0 Å². The molecule has 2 N–H and O–H groups in total. The van der Waals surface area contributed by atoms with E-state index in [-0.39, 0.29) is 18.1 Å². The molecule has 7 heteroatoms. The quantitative estimate of drug-likeness (QED) is 0.720. The van der Waals surface area contributed by atoms with Crippen LogP contribution in [0, 0.1) is 0 Å². The van der Waals surface area contributed by atoms with E-state index in [2.05, 4.69) is 10.1 Å². The third-order valence-corrected chi connectivity index (χ3v) is 2.51. The van der Waals surface area contributed by atoms with Gasteiger partial charge in [0, 0.05) is 20.2 Å². The van der Waals surface area contributed by atoms with Crippen LogP contribution in [0.15, 0.2) is 18.2 Å². The molecule has 0 spiro atoms. The van der Waals surface area contributed by atoms with E-state index >= 15 is 0 Å². The second-order valence-corrected chi connectivity index (χ2v) is 4.10. The number of hydrogen-bond acceptors (Lipinski definition) is 5. The van der Waals surface area contributed by atoms with Crippen molar-refractivity contribution >= 4 is 0 Å². The lowest BCUT2D eigenvalue weighted by Crippen LogP contribution is -2.29. The Morgan fingerprint density at radius 2 is 2.00 bits per heavy atom. The number of rotatable bonds is 9. The SMILES string of the molecule is COCC(O)CNCc1ccc(OC)c(OC(F)F)c1. The molecule has 0 aliphatic rings. The Morgan fingerprint density at radius 3 is 2.60 bits per heavy atom. The number of benzene rings is 1. The molecule has 0 bridgehead atoms. The maximum absolute atomic E-state index is 12.3. The standard InChI is InChI=1S/C13H19F2NO4/c1-18-8-10(17)7-16-6-9-3-4-11(19-2)12(5-9)20-13(14)15/h3-5,10,13,16-17H,6-8H2,1-2H3. The number of aliphatic hydroxyl groups is 1. The predicted molar refractivity (Wildman–Crippen MR) is 69.2 cm³/mol. The molecule has 0 aliphatic carbocycles. The molecule has 20 heavy (non-hydrogen) atoms. The molecule has 0 amide bonds. The van der Waals surface area contributed by atoms with Crippen LogP contribution in [0.4, 0.5) is 8.78 Å². The van der Waals surface area contributed by atoms with Gasteiger partial charge in [-0.05, 0) is 17.7 Å². The zero-order valence-corrected chi connectivity index (χ0v) is 11.4. The van der Waals surface area contributed by atoms with Crippen molar-refractivity contribution in [1.82, 2.24) is 5.32 Å². The van der Waals surface area contributed by atoms with Crippen molar-refractivity contribution in [1.29, 1.82) is 0 Å². The van der Waals surface area contributed by atoms with Gasteiger partial charge in [-0.3, -0.25) is 0 Å². The first-order valence-corrected chi connectivity index (χ1v) is 6.06. The van der Waals surface area contributed by atoms with Gasteiger partial charge in [0.1, 0.15) is 0 Å². The van der Waals surface area contributed by atoms with Crippen LogP contribution < -0.4 is 14.8 Å². The Labute approximate surface area is 116 Å². The maximum Gasteiger partial charge on any atom is 0.387 e. The fourth-order valence-electron chi connectivity index (χ4n) is 1.65. The highest BCUT2D eigenvalue weighted by molar-refractivity contribution is 5.42. The number of ether oxygens (including phenoxy) is 3. The normalized spacial score (nSPS) is 12.5. The van der Waals surface area contributed by atoms with Crippen LogP contribution in [-0.2, 0) is 11.3 Å². The highest BCUT2D eigenvalue weighted by Crippen LogP contribution is 2.29. The molecule has 0 fully saturated rings. The summed E-state index contributed by atoms with van der Waals surface area (Å²) in [5.74, 6) is 0.229. The first kappa shape index (κ1) is 16.6. The summed E-state index contributed by atoms with van der Waals surface area (Å²) in [6, 6.07) is 4.76. The molecule has 1 aromatic carbocycles. The van der Waals surface area contributed by atoms with E-state index in [0.717, 1.165) is 5.56 Å². The molecule has 1 rings (SSSR count). The van der Waals surface area contributed by atoms with Crippen LogP contribution in [-0.4, -0.2) is 45.2 Å². The number of methoxy groups -OCH3 is 2. The molecule has 114 valence electrons. The number of nitrogens with one attached hydrogen (secondary N) is 1. The minimum absolute atomic E-state index is 0.0146. The predicted octanol–water partition coefficient (Wildman–Crippen LogP) is 1.39. The van der Waals surface area contributed by atoms with Gasteiger partial charge in [-0.1, -0.05) is 6.07 Å². The van der Waals surface area contributed by atoms with Crippen LogP contribution in [0.25, 0.3) is 0 Å². The Morgan fingerprint density at radius 1 is 1.25 bits per heavy atom. The molecule has 1 atom stereocenters. The number of halogens is 2. The monoisotopic (exact) mass is 291 g/mol. The Hall–Kier alpha value is -1.44. The number of alkyl halides is 2. The smallest absolute Gasteiger partial charge is 0.387 e. The first-order chi connectivity index (χ1) is 9.56. The summed E-state index contributed by atoms with van der Waals surface area (Å²) in [7, 11) is 2.88. The molecule has 0 aliphatic heterocycles. The van der Waals surface area contributed by atoms with Crippen molar-refractivity contribution in [3.8, 4) is 11.5 Å². The summed E-state index contributed by atoms with van der Waals surface area (Å²) in [6.07, 6.45) is -0.616. The van der Waals surface area contributed by atoms with E-state index < -0.39 is 12.7 Å². The van der Waals surface area contributed by atoms with Gasteiger partial charge in [-0.2, -0.15) is 8.78 Å². The third kappa shape index (κ3) is 5.68. The lowest BCUT2D eigenvalue weighted by atomic mass is 10.2. The van der Waals surface area contributed by atoms with Crippen LogP contribution in [0.2, 0.25) is 0 Å². The van der Waals surface area contributed by atoms with Crippen molar-refractivity contribution in [3.63, 3.8) is 0 Å². The molecule has 5 nitrogen and oxygen atoms in total. The van der Waals surface area contributed by atoms with Gasteiger partial charge in [-0.25, -0.2) is 0 Å². The molecule has 1 aromatic rings. The van der Waals surface area contributed by atoms with Gasteiger partial charge in [0.15, 0.2) is 11.5 Å². The van der Waals surface area contributed by atoms with Gasteiger partial charge in [-0.15, -0.1) is 0 Å². The third-order valence-electron chi connectivity index (χ3n) is 2.51. The van der Waals surface area contributed by atoms with E-state index in [1.807, 2.05) is 0 Å². The van der Waals surface area contributed by atoms with Gasteiger partial charge < -0.3 is 24.6 Å². The summed E-state index contributed by atoms with van der Waals surface area (Å²) in [4.78, 5) is 0. The van der Waals surface area contributed by atoms with E-state index in [4.69, 9.17) is 9.47 Å². The van der Waals surface area contributed by atoms with Crippen molar-refractivity contribution in [2.75, 3.05) is 27.4 Å². The van der Waals surface area contributed by atoms with E-state index in [1.165, 1.54) is 20.3 Å². The lowest BCUT2D eigenvalue weighted by molar-refractivity contribution is -0.0512. The molecule has 0 aromatic heterocycles. The highest BCUT2D eigenvalue weighted by atomic mass is 19.3. The fourth-order valence-corrected chi connectivity index (χ4v) is 1.65. The second kappa shape index (κ2) is 8.68. The fraction of sp³-hybridized carbons (Fsp3) is 0.538. The zero-order chi connectivity index (χ0) is 15.0. The van der Waals surface area contributed by atoms with Crippen molar-refractivity contribution in [2.45, 2.75) is 19.3 Å². The molecule has 0 saturated carbocycles. The summed E-state index contributed by atoms with van der Waals surface area (Å²) in [6.45, 7) is -1.93. The summed E-state index contributed by atoms with van der Waals surface area (Å²) in [5, 5.41) is 12.4. The van der Waals surface area contributed by atoms with Gasteiger partial charge >= 0.3 is 6.61 Å². The average molecular weight is 291 g/mol. The molecule has 0 heterocycles. The summed E-state index contributed by atoms with van der Waals surface area (Å²) in [5.41, 5.74) is 0.742. The van der Waals surface area contributed by atoms with E-state index in [0.29, 0.717) is 13.1 Å². The van der Waals surface area contributed by atoms with Gasteiger partial charge in [0.25, 0.3) is 0 Å². The topological polar surface area (TPSA) is 60.0 Å². The maximum atomic E-state index is 12.3. The Bertz CT molecular complexity index is 404. The Kier molecular flexibility index (Phi) is 7.21. The molecule has 0 radical (unpaired) electrons. The van der Waals surface area contributed by atoms with Crippen LogP contribution >= 0.6 is 0 Å². The van der Waals surface area contributed by atoms with Crippen LogP contribution in [0.3, 0.4) is 0 Å². The second-order valence-electron chi connectivity index (χ2n) is 4.10. The summed E-state index contributed by atoms with van der Waals surface area (Å²) < 4.78 is 38.7. The van der Waals surface area contributed by atoms with Crippen molar-refractivity contribution in [2.24, 2.45) is 0 Å². The van der Waals surface area contributed by atoms with Crippen LogP contribution in [0.1, 0.15) is 5.56 Å². The van der Waals surface area contributed by atoms with Crippen LogP contribution in [0.5, 0.6) is 11.5 Å². The van der Waals surface area contributed by atoms with Crippen molar-refractivity contribution < 1.29 is 28.1 Å². The largest absolute Gasteiger partial charge is 0.493 e.